The molecule has 0 atom stereocenters. The molecule has 6 nitrogen and oxygen atoms in total. The van der Waals surface area contributed by atoms with Gasteiger partial charge in [-0.3, -0.25) is 4.79 Å². The number of amides is 1. The fraction of sp³-hybridized carbons (Fsp3) is 0.238. The summed E-state index contributed by atoms with van der Waals surface area (Å²) in [6, 6.07) is 15.9. The molecule has 0 aliphatic carbocycles. The fourth-order valence-corrected chi connectivity index (χ4v) is 4.91. The number of sulfonamides is 1. The molecule has 0 unspecified atom stereocenters. The van der Waals surface area contributed by atoms with Crippen molar-refractivity contribution < 1.29 is 17.6 Å². The number of fused-ring (bicyclic) bond motifs is 1. The Balaban J connectivity index is 1.50. The minimum Gasteiger partial charge on any atom is -0.336 e. The number of pyridine rings is 1. The van der Waals surface area contributed by atoms with Gasteiger partial charge < -0.3 is 4.90 Å². The second-order valence-corrected chi connectivity index (χ2v) is 8.83. The number of rotatable bonds is 3. The normalized spacial score (nSPS) is 16.0. The number of hydrogen-bond acceptors (Lipinski definition) is 4. The van der Waals surface area contributed by atoms with E-state index in [0.717, 1.165) is 23.0 Å². The number of halogens is 1. The second-order valence-electron chi connectivity index (χ2n) is 6.89. The van der Waals surface area contributed by atoms with Gasteiger partial charge in [-0.1, -0.05) is 24.3 Å². The molecule has 2 aromatic carbocycles. The Morgan fingerprint density at radius 2 is 1.66 bits per heavy atom. The average Bonchev–Trinajstić information content (AvgIpc) is 3.00. The van der Waals surface area contributed by atoms with E-state index in [9.17, 15) is 17.6 Å². The maximum atomic E-state index is 13.1. The van der Waals surface area contributed by atoms with E-state index in [4.69, 9.17) is 0 Å². The highest BCUT2D eigenvalue weighted by Crippen LogP contribution is 2.19. The molecule has 1 aliphatic rings. The van der Waals surface area contributed by atoms with Gasteiger partial charge in [0, 0.05) is 31.6 Å². The highest BCUT2D eigenvalue weighted by molar-refractivity contribution is 7.89. The summed E-state index contributed by atoms with van der Waals surface area (Å²) in [6.07, 6.45) is 0.514. The number of carbonyl (C=O) groups is 1. The van der Waals surface area contributed by atoms with Crippen LogP contribution < -0.4 is 0 Å². The third-order valence-electron chi connectivity index (χ3n) is 5.01. The molecular formula is C21H20FN3O3S. The lowest BCUT2D eigenvalue weighted by Gasteiger charge is -2.22. The van der Waals surface area contributed by atoms with Gasteiger partial charge in [0.05, 0.1) is 10.4 Å². The van der Waals surface area contributed by atoms with Gasteiger partial charge in [0.25, 0.3) is 5.91 Å². The first-order valence-corrected chi connectivity index (χ1v) is 10.8. The molecule has 4 rings (SSSR count). The Bertz CT molecular complexity index is 1150. The zero-order chi connectivity index (χ0) is 20.4. The van der Waals surface area contributed by atoms with Crippen molar-refractivity contribution >= 4 is 26.8 Å². The van der Waals surface area contributed by atoms with E-state index >= 15 is 0 Å². The standard InChI is InChI=1S/C21H20FN3O3S/c22-17-7-9-18(10-8-17)29(27,28)25-13-3-12-24(14-15-25)21(26)20-11-6-16-4-1-2-5-19(16)23-20/h1-2,4-11H,3,12-15H2. The molecule has 1 amide bonds. The van der Waals surface area contributed by atoms with Gasteiger partial charge in [0.2, 0.25) is 10.0 Å². The largest absolute Gasteiger partial charge is 0.336 e. The predicted octanol–water partition coefficient (Wildman–Crippen LogP) is 2.91. The molecule has 3 aromatic rings. The maximum Gasteiger partial charge on any atom is 0.272 e. The molecule has 2 heterocycles. The van der Waals surface area contributed by atoms with Crippen LogP contribution in [0.5, 0.6) is 0 Å². The van der Waals surface area contributed by atoms with Crippen LogP contribution in [-0.2, 0) is 10.0 Å². The molecule has 1 aliphatic heterocycles. The molecule has 0 spiro atoms. The molecule has 29 heavy (non-hydrogen) atoms. The van der Waals surface area contributed by atoms with Crippen molar-refractivity contribution in [3.8, 4) is 0 Å². The van der Waals surface area contributed by atoms with Crippen LogP contribution in [0.3, 0.4) is 0 Å². The van der Waals surface area contributed by atoms with Crippen LogP contribution >= 0.6 is 0 Å². The summed E-state index contributed by atoms with van der Waals surface area (Å²) in [7, 11) is -3.73. The summed E-state index contributed by atoms with van der Waals surface area (Å²) in [5.41, 5.74) is 1.09. The monoisotopic (exact) mass is 413 g/mol. The van der Waals surface area contributed by atoms with Crippen LogP contribution in [0.4, 0.5) is 4.39 Å². The van der Waals surface area contributed by atoms with Crippen molar-refractivity contribution in [3.05, 3.63) is 72.2 Å². The zero-order valence-corrected chi connectivity index (χ0v) is 16.5. The van der Waals surface area contributed by atoms with E-state index in [1.807, 2.05) is 30.3 Å². The number of benzene rings is 2. The smallest absolute Gasteiger partial charge is 0.272 e. The molecule has 1 aromatic heterocycles. The van der Waals surface area contributed by atoms with Gasteiger partial charge in [0.15, 0.2) is 0 Å². The minimum atomic E-state index is -3.73. The van der Waals surface area contributed by atoms with E-state index < -0.39 is 15.8 Å². The first kappa shape index (κ1) is 19.5. The van der Waals surface area contributed by atoms with E-state index in [1.165, 1.54) is 16.4 Å². The van der Waals surface area contributed by atoms with Gasteiger partial charge in [-0.2, -0.15) is 4.31 Å². The first-order valence-electron chi connectivity index (χ1n) is 9.36. The fourth-order valence-electron chi connectivity index (χ4n) is 3.44. The van der Waals surface area contributed by atoms with E-state index in [-0.39, 0.29) is 23.9 Å². The lowest BCUT2D eigenvalue weighted by molar-refractivity contribution is 0.0759. The summed E-state index contributed by atoms with van der Waals surface area (Å²) in [5.74, 6) is -0.698. The molecule has 0 radical (unpaired) electrons. The van der Waals surface area contributed by atoms with Crippen molar-refractivity contribution in [3.63, 3.8) is 0 Å². The lowest BCUT2D eigenvalue weighted by Crippen LogP contribution is -2.37. The number of nitrogens with zero attached hydrogens (tertiary/aromatic N) is 3. The van der Waals surface area contributed by atoms with Gasteiger partial charge in [0.1, 0.15) is 11.5 Å². The number of aromatic nitrogens is 1. The van der Waals surface area contributed by atoms with Crippen molar-refractivity contribution in [2.75, 3.05) is 26.2 Å². The van der Waals surface area contributed by atoms with Gasteiger partial charge >= 0.3 is 0 Å². The van der Waals surface area contributed by atoms with Crippen LogP contribution in [0.15, 0.2) is 65.6 Å². The van der Waals surface area contributed by atoms with E-state index in [0.29, 0.717) is 25.2 Å². The van der Waals surface area contributed by atoms with Gasteiger partial charge in [-0.25, -0.2) is 17.8 Å². The van der Waals surface area contributed by atoms with Gasteiger partial charge in [-0.15, -0.1) is 0 Å². The third-order valence-corrected chi connectivity index (χ3v) is 6.92. The molecule has 1 saturated heterocycles. The molecule has 0 saturated carbocycles. The number of para-hydroxylation sites is 1. The summed E-state index contributed by atoms with van der Waals surface area (Å²) in [5, 5.41) is 0.955. The summed E-state index contributed by atoms with van der Waals surface area (Å²) >= 11 is 0. The summed E-state index contributed by atoms with van der Waals surface area (Å²) in [4.78, 5) is 19.0. The molecule has 8 heteroatoms. The van der Waals surface area contributed by atoms with Crippen LogP contribution in [-0.4, -0.2) is 54.7 Å². The average molecular weight is 413 g/mol. The summed E-state index contributed by atoms with van der Waals surface area (Å²) < 4.78 is 40.1. The van der Waals surface area contributed by atoms with Crippen LogP contribution in [0, 0.1) is 5.82 Å². The summed E-state index contributed by atoms with van der Waals surface area (Å²) in [6.45, 7) is 1.20. The molecule has 0 bridgehead atoms. The van der Waals surface area contributed by atoms with Crippen LogP contribution in [0.1, 0.15) is 16.9 Å². The Hall–Kier alpha value is -2.84. The highest BCUT2D eigenvalue weighted by Gasteiger charge is 2.29. The van der Waals surface area contributed by atoms with Crippen LogP contribution in [0.2, 0.25) is 0 Å². The topological polar surface area (TPSA) is 70.6 Å². The lowest BCUT2D eigenvalue weighted by atomic mass is 10.2. The first-order chi connectivity index (χ1) is 13.9. The SMILES string of the molecule is O=C(c1ccc2ccccc2n1)N1CCCN(S(=O)(=O)c2ccc(F)cc2)CC1. The molecule has 0 N–H and O–H groups in total. The Morgan fingerprint density at radius 1 is 0.897 bits per heavy atom. The molecule has 150 valence electrons. The Kier molecular flexibility index (Phi) is 5.29. The van der Waals surface area contributed by atoms with Gasteiger partial charge in [-0.05, 0) is 42.8 Å². The number of carbonyl (C=O) groups excluding carboxylic acids is 1. The minimum absolute atomic E-state index is 0.0508. The van der Waals surface area contributed by atoms with Crippen molar-refractivity contribution in [1.82, 2.24) is 14.2 Å². The highest BCUT2D eigenvalue weighted by atomic mass is 32.2. The van der Waals surface area contributed by atoms with E-state index in [1.54, 1.807) is 11.0 Å². The molecule has 1 fully saturated rings. The number of hydrogen-bond donors (Lipinski definition) is 0. The van der Waals surface area contributed by atoms with Crippen LogP contribution in [0.25, 0.3) is 10.9 Å². The quantitative estimate of drug-likeness (QED) is 0.662. The molecular weight excluding hydrogens is 393 g/mol. The Morgan fingerprint density at radius 3 is 2.45 bits per heavy atom. The third kappa shape index (κ3) is 3.99. The van der Waals surface area contributed by atoms with Crippen molar-refractivity contribution in [1.29, 1.82) is 0 Å². The Labute approximate surface area is 168 Å². The van der Waals surface area contributed by atoms with Crippen molar-refractivity contribution in [2.45, 2.75) is 11.3 Å². The maximum absolute atomic E-state index is 13.1. The van der Waals surface area contributed by atoms with E-state index in [2.05, 4.69) is 4.98 Å². The predicted molar refractivity (Wildman–Crippen MR) is 107 cm³/mol. The van der Waals surface area contributed by atoms with Crippen molar-refractivity contribution in [2.24, 2.45) is 0 Å². The second kappa shape index (κ2) is 7.88. The zero-order valence-electron chi connectivity index (χ0n) is 15.7.